The summed E-state index contributed by atoms with van der Waals surface area (Å²) in [5, 5.41) is 11.5. The summed E-state index contributed by atoms with van der Waals surface area (Å²) in [6.45, 7) is 2.35. The zero-order valence-corrected chi connectivity index (χ0v) is 12.7. The van der Waals surface area contributed by atoms with Crippen molar-refractivity contribution in [2.75, 3.05) is 30.8 Å². The van der Waals surface area contributed by atoms with E-state index in [2.05, 4.69) is 9.88 Å². The first-order valence-corrected chi connectivity index (χ1v) is 7.83. The Labute approximate surface area is 123 Å². The van der Waals surface area contributed by atoms with Gasteiger partial charge in [-0.1, -0.05) is 5.16 Å². The second-order valence-corrected chi connectivity index (χ2v) is 5.86. The second kappa shape index (κ2) is 7.70. The van der Waals surface area contributed by atoms with Crippen LogP contribution in [0.25, 0.3) is 0 Å². The van der Waals surface area contributed by atoms with Crippen LogP contribution < -0.4 is 15.2 Å². The van der Waals surface area contributed by atoms with Gasteiger partial charge in [0.25, 0.3) is 0 Å². The van der Waals surface area contributed by atoms with Gasteiger partial charge in [-0.2, -0.15) is 0 Å². The van der Waals surface area contributed by atoms with E-state index < -0.39 is 10.0 Å². The number of nitrogens with two attached hydrogens (primary N) is 1. The highest BCUT2D eigenvalue weighted by atomic mass is 32.2. The fourth-order valence-corrected chi connectivity index (χ4v) is 2.47. The van der Waals surface area contributed by atoms with Crippen LogP contribution in [0.2, 0.25) is 0 Å². The van der Waals surface area contributed by atoms with E-state index in [9.17, 15) is 8.42 Å². The maximum atomic E-state index is 11.9. The SMILES string of the molecule is CCOCCS(=O)(=O)Nc1ccc(/C(N)=N/O)cc1OC. The zero-order valence-electron chi connectivity index (χ0n) is 11.9. The molecule has 0 atom stereocenters. The Bertz CT molecular complexity index is 601. The minimum atomic E-state index is -3.54. The molecule has 21 heavy (non-hydrogen) atoms. The van der Waals surface area contributed by atoms with Crippen LogP contribution in [0.3, 0.4) is 0 Å². The molecule has 0 aliphatic heterocycles. The van der Waals surface area contributed by atoms with Crippen molar-refractivity contribution in [3.05, 3.63) is 23.8 Å². The molecule has 0 saturated heterocycles. The van der Waals surface area contributed by atoms with Crippen molar-refractivity contribution in [2.45, 2.75) is 6.92 Å². The van der Waals surface area contributed by atoms with Crippen molar-refractivity contribution >= 4 is 21.5 Å². The summed E-state index contributed by atoms with van der Waals surface area (Å²) in [7, 11) is -2.15. The van der Waals surface area contributed by atoms with E-state index in [-0.39, 0.29) is 29.6 Å². The molecule has 0 heterocycles. The molecule has 1 aromatic carbocycles. The Balaban J connectivity index is 2.93. The molecule has 0 fully saturated rings. The number of sulfonamides is 1. The number of nitrogens with zero attached hydrogens (tertiary/aromatic N) is 1. The molecule has 1 rings (SSSR count). The van der Waals surface area contributed by atoms with Crippen LogP contribution in [-0.2, 0) is 14.8 Å². The number of ether oxygens (including phenoxy) is 2. The molecule has 0 amide bonds. The van der Waals surface area contributed by atoms with Crippen molar-refractivity contribution in [3.63, 3.8) is 0 Å². The lowest BCUT2D eigenvalue weighted by atomic mass is 10.2. The fourth-order valence-electron chi connectivity index (χ4n) is 1.52. The number of rotatable bonds is 8. The van der Waals surface area contributed by atoms with E-state index in [0.717, 1.165) is 0 Å². The van der Waals surface area contributed by atoms with Gasteiger partial charge in [0.15, 0.2) is 5.84 Å². The maximum absolute atomic E-state index is 11.9. The van der Waals surface area contributed by atoms with Gasteiger partial charge in [0.2, 0.25) is 10.0 Å². The van der Waals surface area contributed by atoms with Crippen molar-refractivity contribution in [3.8, 4) is 5.75 Å². The molecular formula is C12H19N3O5S. The van der Waals surface area contributed by atoms with E-state index in [1.54, 1.807) is 6.92 Å². The van der Waals surface area contributed by atoms with Crippen LogP contribution in [0.4, 0.5) is 5.69 Å². The predicted octanol–water partition coefficient (Wildman–Crippen LogP) is 0.568. The molecular weight excluding hydrogens is 298 g/mol. The van der Waals surface area contributed by atoms with E-state index in [0.29, 0.717) is 12.2 Å². The van der Waals surface area contributed by atoms with Crippen LogP contribution in [0.1, 0.15) is 12.5 Å². The first-order chi connectivity index (χ1) is 9.93. The third-order valence-electron chi connectivity index (χ3n) is 2.57. The van der Waals surface area contributed by atoms with Crippen molar-refractivity contribution in [2.24, 2.45) is 10.9 Å². The van der Waals surface area contributed by atoms with Gasteiger partial charge in [-0.25, -0.2) is 8.42 Å². The van der Waals surface area contributed by atoms with Crippen LogP contribution in [0.15, 0.2) is 23.4 Å². The van der Waals surface area contributed by atoms with Crippen molar-refractivity contribution in [1.29, 1.82) is 0 Å². The molecule has 0 aromatic heterocycles. The minimum absolute atomic E-state index is 0.0981. The minimum Gasteiger partial charge on any atom is -0.495 e. The average Bonchev–Trinajstić information content (AvgIpc) is 2.46. The van der Waals surface area contributed by atoms with Gasteiger partial charge in [0.1, 0.15) is 5.75 Å². The van der Waals surface area contributed by atoms with E-state index >= 15 is 0 Å². The first kappa shape index (κ1) is 17.1. The van der Waals surface area contributed by atoms with Gasteiger partial charge in [-0.3, -0.25) is 4.72 Å². The topological polar surface area (TPSA) is 123 Å². The summed E-state index contributed by atoms with van der Waals surface area (Å²) in [5.41, 5.74) is 6.14. The van der Waals surface area contributed by atoms with Crippen molar-refractivity contribution < 1.29 is 23.1 Å². The second-order valence-electron chi connectivity index (χ2n) is 4.02. The Morgan fingerprint density at radius 1 is 1.48 bits per heavy atom. The first-order valence-electron chi connectivity index (χ1n) is 6.17. The van der Waals surface area contributed by atoms with Gasteiger partial charge < -0.3 is 20.4 Å². The third-order valence-corrected chi connectivity index (χ3v) is 3.81. The Kier molecular flexibility index (Phi) is 6.25. The molecule has 9 heteroatoms. The number of hydrogen-bond donors (Lipinski definition) is 3. The predicted molar refractivity (Wildman–Crippen MR) is 79.4 cm³/mol. The molecule has 118 valence electrons. The Morgan fingerprint density at radius 3 is 2.76 bits per heavy atom. The number of methoxy groups -OCH3 is 1. The number of benzene rings is 1. The van der Waals surface area contributed by atoms with Gasteiger partial charge in [-0.15, -0.1) is 0 Å². The van der Waals surface area contributed by atoms with E-state index in [1.807, 2.05) is 0 Å². The standard InChI is InChI=1S/C12H19N3O5S/c1-3-20-6-7-21(17,18)15-10-5-4-9(12(13)14-16)8-11(10)19-2/h4-5,8,15-16H,3,6-7H2,1-2H3,(H2,13,14). The highest BCUT2D eigenvalue weighted by Gasteiger charge is 2.14. The molecule has 8 nitrogen and oxygen atoms in total. The summed E-state index contributed by atoms with van der Waals surface area (Å²) < 4.78 is 36.3. The molecule has 0 spiro atoms. The maximum Gasteiger partial charge on any atom is 0.235 e. The summed E-state index contributed by atoms with van der Waals surface area (Å²) in [6.07, 6.45) is 0. The largest absolute Gasteiger partial charge is 0.495 e. The molecule has 0 radical (unpaired) electrons. The van der Waals surface area contributed by atoms with Crippen LogP contribution in [-0.4, -0.2) is 45.5 Å². The van der Waals surface area contributed by atoms with Gasteiger partial charge in [0, 0.05) is 12.2 Å². The van der Waals surface area contributed by atoms with Gasteiger partial charge in [0.05, 0.1) is 25.2 Å². The van der Waals surface area contributed by atoms with Gasteiger partial charge >= 0.3 is 0 Å². The Morgan fingerprint density at radius 2 is 2.19 bits per heavy atom. The molecule has 0 bridgehead atoms. The molecule has 0 aliphatic carbocycles. The summed E-state index contributed by atoms with van der Waals surface area (Å²) >= 11 is 0. The highest BCUT2D eigenvalue weighted by molar-refractivity contribution is 7.92. The molecule has 0 aliphatic rings. The summed E-state index contributed by atoms with van der Waals surface area (Å²) in [5.74, 6) is 0.00421. The van der Waals surface area contributed by atoms with E-state index in [4.69, 9.17) is 20.4 Å². The van der Waals surface area contributed by atoms with Gasteiger partial charge in [-0.05, 0) is 25.1 Å². The van der Waals surface area contributed by atoms with Crippen molar-refractivity contribution in [1.82, 2.24) is 0 Å². The molecule has 0 saturated carbocycles. The molecule has 0 unspecified atom stereocenters. The lowest BCUT2D eigenvalue weighted by Gasteiger charge is -2.13. The van der Waals surface area contributed by atoms with Crippen LogP contribution in [0, 0.1) is 0 Å². The number of anilines is 1. The highest BCUT2D eigenvalue weighted by Crippen LogP contribution is 2.26. The summed E-state index contributed by atoms with van der Waals surface area (Å²) in [6, 6.07) is 4.46. The smallest absolute Gasteiger partial charge is 0.235 e. The van der Waals surface area contributed by atoms with E-state index in [1.165, 1.54) is 25.3 Å². The van der Waals surface area contributed by atoms with Crippen LogP contribution >= 0.6 is 0 Å². The molecule has 1 aromatic rings. The molecule has 4 N–H and O–H groups in total. The zero-order chi connectivity index (χ0) is 15.9. The lowest BCUT2D eigenvalue weighted by molar-refractivity contribution is 0.163. The number of amidine groups is 1. The number of oxime groups is 1. The normalized spacial score (nSPS) is 12.2. The fraction of sp³-hybridized carbons (Fsp3) is 0.417. The number of hydrogen-bond acceptors (Lipinski definition) is 6. The monoisotopic (exact) mass is 317 g/mol. The lowest BCUT2D eigenvalue weighted by Crippen LogP contribution is -2.21. The average molecular weight is 317 g/mol. The number of nitrogens with one attached hydrogen (secondary N) is 1. The third kappa shape index (κ3) is 5.12. The summed E-state index contributed by atoms with van der Waals surface area (Å²) in [4.78, 5) is 0. The van der Waals surface area contributed by atoms with Crippen LogP contribution in [0.5, 0.6) is 5.75 Å². The Hall–Kier alpha value is -2.00. The quantitative estimate of drug-likeness (QED) is 0.212.